The molecule has 0 spiro atoms. The SMILES string of the molecule is Cc1nn(COCC[Si](C)(C)C)c(C)c1-c1ccc(CC(=O)[C@@H](NC(=O)c2ccnn2CC(C)O)C(C2CC2)C2CC2)cc1. The van der Waals surface area contributed by atoms with Crippen molar-refractivity contribution in [2.24, 2.45) is 17.8 Å². The van der Waals surface area contributed by atoms with E-state index in [-0.39, 0.29) is 30.6 Å². The van der Waals surface area contributed by atoms with Gasteiger partial charge in [0, 0.05) is 38.6 Å². The van der Waals surface area contributed by atoms with Crippen molar-refractivity contribution in [3.63, 3.8) is 0 Å². The van der Waals surface area contributed by atoms with E-state index in [1.165, 1.54) is 4.68 Å². The van der Waals surface area contributed by atoms with E-state index in [0.29, 0.717) is 24.3 Å². The first-order valence-corrected chi connectivity index (χ1v) is 19.9. The first kappa shape index (κ1) is 32.3. The van der Waals surface area contributed by atoms with Crippen LogP contribution in [0.1, 0.15) is 60.0 Å². The quantitative estimate of drug-likeness (QED) is 0.164. The molecule has 0 aliphatic heterocycles. The topological polar surface area (TPSA) is 111 Å². The number of benzene rings is 1. The summed E-state index contributed by atoms with van der Waals surface area (Å²) in [5, 5.41) is 21.9. The number of ether oxygens (including phenoxy) is 1. The number of ketones is 1. The van der Waals surface area contributed by atoms with Crippen LogP contribution in [0, 0.1) is 31.6 Å². The molecule has 2 aliphatic rings. The van der Waals surface area contributed by atoms with Gasteiger partial charge in [0.05, 0.1) is 24.4 Å². The summed E-state index contributed by atoms with van der Waals surface area (Å²) in [6.45, 7) is 14.2. The fraction of sp³-hybridized carbons (Fsp3) is 0.588. The normalized spacial score (nSPS) is 16.7. The van der Waals surface area contributed by atoms with Gasteiger partial charge in [0.25, 0.3) is 5.91 Å². The highest BCUT2D eigenvalue weighted by Crippen LogP contribution is 2.51. The van der Waals surface area contributed by atoms with E-state index in [1.807, 2.05) is 23.7 Å². The molecular formula is C34H49N5O4Si. The molecule has 0 radical (unpaired) electrons. The molecule has 1 unspecified atom stereocenters. The summed E-state index contributed by atoms with van der Waals surface area (Å²) in [6.07, 6.45) is 5.65. The highest BCUT2D eigenvalue weighted by atomic mass is 28.3. The van der Waals surface area contributed by atoms with Crippen molar-refractivity contribution in [3.8, 4) is 11.1 Å². The van der Waals surface area contributed by atoms with E-state index in [9.17, 15) is 14.7 Å². The minimum atomic E-state index is -1.14. The van der Waals surface area contributed by atoms with Crippen LogP contribution < -0.4 is 5.32 Å². The van der Waals surface area contributed by atoms with Crippen LogP contribution in [0.5, 0.6) is 0 Å². The van der Waals surface area contributed by atoms with E-state index in [2.05, 4.69) is 49.1 Å². The van der Waals surface area contributed by atoms with E-state index in [1.54, 1.807) is 19.2 Å². The molecule has 10 heteroatoms. The Morgan fingerprint density at radius 2 is 1.70 bits per heavy atom. The Morgan fingerprint density at radius 3 is 2.30 bits per heavy atom. The fourth-order valence-corrected chi connectivity index (χ4v) is 7.05. The highest BCUT2D eigenvalue weighted by molar-refractivity contribution is 6.76. The number of nitrogens with zero attached hydrogens (tertiary/aromatic N) is 4. The van der Waals surface area contributed by atoms with Gasteiger partial charge in [0.15, 0.2) is 5.78 Å². The number of amides is 1. The standard InChI is InChI=1S/C34H49N5O4Si/c1-22(40)20-38-29(15-16-35-38)34(42)36-33(32(27-11-12-27)28-13-14-28)30(41)19-25-7-9-26(10-8-25)31-23(2)37-39(24(31)3)21-43-17-18-44(4,5)6/h7-10,15-16,22,27-28,32-33,40H,11-14,17-21H2,1-6H3,(H,36,42)/t22?,33-/m1/s1. The van der Waals surface area contributed by atoms with Crippen LogP contribution in [0.3, 0.4) is 0 Å². The van der Waals surface area contributed by atoms with Gasteiger partial charge in [-0.15, -0.1) is 0 Å². The Labute approximate surface area is 262 Å². The molecule has 1 amide bonds. The zero-order chi connectivity index (χ0) is 31.6. The summed E-state index contributed by atoms with van der Waals surface area (Å²) in [7, 11) is -1.14. The minimum Gasteiger partial charge on any atom is -0.391 e. The number of aliphatic hydroxyl groups excluding tert-OH is 1. The third-order valence-electron chi connectivity index (χ3n) is 8.95. The maximum absolute atomic E-state index is 13.9. The number of aromatic nitrogens is 4. The molecule has 2 N–H and O–H groups in total. The minimum absolute atomic E-state index is 0.0483. The molecule has 0 saturated heterocycles. The summed E-state index contributed by atoms with van der Waals surface area (Å²) < 4.78 is 9.40. The third kappa shape index (κ3) is 8.14. The van der Waals surface area contributed by atoms with Gasteiger partial charge < -0.3 is 15.2 Å². The molecule has 2 aliphatic carbocycles. The highest BCUT2D eigenvalue weighted by Gasteiger charge is 2.48. The van der Waals surface area contributed by atoms with Gasteiger partial charge in [0.1, 0.15) is 12.4 Å². The second-order valence-corrected chi connectivity index (χ2v) is 19.8. The number of Topliss-reactive ketones (excluding diaryl/α,β-unsaturated/α-hetero) is 1. The predicted octanol–water partition coefficient (Wildman–Crippen LogP) is 5.40. The number of rotatable bonds is 16. The molecule has 0 bridgehead atoms. The molecule has 44 heavy (non-hydrogen) atoms. The van der Waals surface area contributed by atoms with Crippen LogP contribution in [0.2, 0.25) is 25.7 Å². The third-order valence-corrected chi connectivity index (χ3v) is 10.7. The monoisotopic (exact) mass is 619 g/mol. The molecule has 238 valence electrons. The zero-order valence-corrected chi connectivity index (χ0v) is 28.2. The van der Waals surface area contributed by atoms with E-state index < -0.39 is 20.2 Å². The van der Waals surface area contributed by atoms with Crippen molar-refractivity contribution in [3.05, 3.63) is 59.2 Å². The van der Waals surface area contributed by atoms with Crippen molar-refractivity contribution >= 4 is 19.8 Å². The number of nitrogens with one attached hydrogen (secondary N) is 1. The molecule has 2 fully saturated rings. The van der Waals surface area contributed by atoms with Crippen molar-refractivity contribution in [2.45, 2.75) is 104 Å². The van der Waals surface area contributed by atoms with Gasteiger partial charge in [0.2, 0.25) is 0 Å². The summed E-state index contributed by atoms with van der Waals surface area (Å²) in [5.41, 5.74) is 5.47. The Hall–Kier alpha value is -3.08. The molecule has 9 nitrogen and oxygen atoms in total. The zero-order valence-electron chi connectivity index (χ0n) is 27.2. The van der Waals surface area contributed by atoms with E-state index >= 15 is 0 Å². The number of carbonyl (C=O) groups is 2. The van der Waals surface area contributed by atoms with Crippen molar-refractivity contribution in [1.82, 2.24) is 24.9 Å². The molecular weight excluding hydrogens is 570 g/mol. The molecule has 3 aromatic rings. The van der Waals surface area contributed by atoms with Crippen LogP contribution in [0.25, 0.3) is 11.1 Å². The maximum atomic E-state index is 13.9. The summed E-state index contributed by atoms with van der Waals surface area (Å²) >= 11 is 0. The van der Waals surface area contributed by atoms with Crippen LogP contribution in [-0.2, 0) is 29.2 Å². The van der Waals surface area contributed by atoms with Crippen LogP contribution in [0.15, 0.2) is 36.5 Å². The first-order chi connectivity index (χ1) is 20.9. The second-order valence-electron chi connectivity index (χ2n) is 14.2. The number of carbonyl (C=O) groups excluding carboxylic acids is 2. The average molecular weight is 620 g/mol. The van der Waals surface area contributed by atoms with Crippen LogP contribution in [0.4, 0.5) is 0 Å². The summed E-state index contributed by atoms with van der Waals surface area (Å²) in [4.78, 5) is 27.4. The Morgan fingerprint density at radius 1 is 1.05 bits per heavy atom. The average Bonchev–Trinajstić information content (AvgIpc) is 3.89. The van der Waals surface area contributed by atoms with Gasteiger partial charge in [-0.3, -0.25) is 14.3 Å². The predicted molar refractivity (Wildman–Crippen MR) is 174 cm³/mol. The van der Waals surface area contributed by atoms with E-state index in [4.69, 9.17) is 9.84 Å². The van der Waals surface area contributed by atoms with Crippen molar-refractivity contribution in [2.75, 3.05) is 6.61 Å². The van der Waals surface area contributed by atoms with Crippen molar-refractivity contribution < 1.29 is 19.4 Å². The van der Waals surface area contributed by atoms with Gasteiger partial charge in [-0.1, -0.05) is 43.9 Å². The lowest BCUT2D eigenvalue weighted by atomic mass is 9.85. The molecule has 2 aromatic heterocycles. The first-order valence-electron chi connectivity index (χ1n) is 16.2. The molecule has 2 atom stereocenters. The number of hydrogen-bond acceptors (Lipinski definition) is 6. The molecule has 2 saturated carbocycles. The fourth-order valence-electron chi connectivity index (χ4n) is 6.29. The molecule has 2 heterocycles. The van der Waals surface area contributed by atoms with Crippen LogP contribution in [-0.4, -0.2) is 63.2 Å². The van der Waals surface area contributed by atoms with Crippen LogP contribution >= 0.6 is 0 Å². The lowest BCUT2D eigenvalue weighted by Gasteiger charge is -2.27. The summed E-state index contributed by atoms with van der Waals surface area (Å²) in [5.74, 6) is 0.887. The van der Waals surface area contributed by atoms with Gasteiger partial charge >= 0.3 is 0 Å². The smallest absolute Gasteiger partial charge is 0.270 e. The maximum Gasteiger partial charge on any atom is 0.270 e. The lowest BCUT2D eigenvalue weighted by Crippen LogP contribution is -2.48. The Balaban J connectivity index is 1.28. The molecule has 1 aromatic carbocycles. The second kappa shape index (κ2) is 13.5. The van der Waals surface area contributed by atoms with E-state index in [0.717, 1.165) is 66.4 Å². The van der Waals surface area contributed by atoms with Crippen molar-refractivity contribution in [1.29, 1.82) is 0 Å². The number of hydrogen-bond donors (Lipinski definition) is 2. The number of aryl methyl sites for hydroxylation is 1. The van der Waals surface area contributed by atoms with Gasteiger partial charge in [-0.25, -0.2) is 4.68 Å². The van der Waals surface area contributed by atoms with Gasteiger partial charge in [-0.2, -0.15) is 10.2 Å². The largest absolute Gasteiger partial charge is 0.391 e. The molecule has 5 rings (SSSR count). The Kier molecular flexibility index (Phi) is 9.92. The van der Waals surface area contributed by atoms with Gasteiger partial charge in [-0.05, 0) is 87.4 Å². The Bertz CT molecular complexity index is 1440. The number of aliphatic hydroxyl groups is 1. The summed E-state index contributed by atoms with van der Waals surface area (Å²) in [6, 6.07) is 10.4. The lowest BCUT2D eigenvalue weighted by molar-refractivity contribution is -0.122.